The van der Waals surface area contributed by atoms with Crippen LogP contribution in [0, 0.1) is 0 Å². The van der Waals surface area contributed by atoms with Crippen molar-refractivity contribution in [1.29, 1.82) is 0 Å². The fourth-order valence-corrected chi connectivity index (χ4v) is 4.14. The maximum absolute atomic E-state index is 11.9. The maximum atomic E-state index is 11.9. The highest BCUT2D eigenvalue weighted by Gasteiger charge is 2.19. The molecule has 1 aromatic carbocycles. The highest BCUT2D eigenvalue weighted by molar-refractivity contribution is 7.99. The number of hydrogen-bond acceptors (Lipinski definition) is 7. The van der Waals surface area contributed by atoms with E-state index in [-0.39, 0.29) is 23.2 Å². The molecule has 0 fully saturated rings. The predicted octanol–water partition coefficient (Wildman–Crippen LogP) is 1.97. The van der Waals surface area contributed by atoms with Crippen LogP contribution in [0.5, 0.6) is 0 Å². The summed E-state index contributed by atoms with van der Waals surface area (Å²) in [6, 6.07) is 3.09. The lowest BCUT2D eigenvalue weighted by Gasteiger charge is -2.09. The van der Waals surface area contributed by atoms with Gasteiger partial charge in [-0.3, -0.25) is 0 Å². The van der Waals surface area contributed by atoms with Crippen LogP contribution in [0.15, 0.2) is 26.4 Å². The Morgan fingerprint density at radius 3 is 2.65 bits per heavy atom. The second-order valence-electron chi connectivity index (χ2n) is 3.98. The summed E-state index contributed by atoms with van der Waals surface area (Å²) >= 11 is 7.40. The summed E-state index contributed by atoms with van der Waals surface area (Å²) in [5.41, 5.74) is 5.86. The van der Waals surface area contributed by atoms with Crippen LogP contribution in [0.3, 0.4) is 0 Å². The number of halogens is 1. The Kier molecular flexibility index (Phi) is 4.38. The second-order valence-corrected chi connectivity index (χ2v) is 7.19. The first kappa shape index (κ1) is 15.3. The summed E-state index contributed by atoms with van der Waals surface area (Å²) in [7, 11) is -3.41. The Hall–Kier alpha value is -1.09. The molecule has 0 aliphatic heterocycles. The van der Waals surface area contributed by atoms with E-state index in [4.69, 9.17) is 21.9 Å². The largest absolute Gasteiger partial charge is 0.338 e. The van der Waals surface area contributed by atoms with E-state index in [2.05, 4.69) is 10.1 Å². The van der Waals surface area contributed by atoms with Gasteiger partial charge in [0.2, 0.25) is 11.7 Å². The fraction of sp³-hybridized carbons (Fsp3) is 0.273. The van der Waals surface area contributed by atoms with E-state index in [0.29, 0.717) is 15.5 Å². The fourth-order valence-electron chi connectivity index (χ4n) is 1.63. The molecule has 0 spiro atoms. The number of nitrogens with zero attached hydrogens (tertiary/aromatic N) is 2. The third-order valence-corrected chi connectivity index (χ3v) is 5.02. The van der Waals surface area contributed by atoms with Gasteiger partial charge in [-0.2, -0.15) is 4.98 Å². The van der Waals surface area contributed by atoms with Crippen LogP contribution in [0.25, 0.3) is 11.4 Å². The molecule has 9 heteroatoms. The lowest BCUT2D eigenvalue weighted by Crippen LogP contribution is -2.01. The van der Waals surface area contributed by atoms with Gasteiger partial charge in [-0.05, 0) is 18.4 Å². The molecule has 0 radical (unpaired) electrons. The van der Waals surface area contributed by atoms with Crippen molar-refractivity contribution in [2.45, 2.75) is 16.3 Å². The molecule has 0 aliphatic rings. The number of aromatic nitrogens is 2. The van der Waals surface area contributed by atoms with Crippen molar-refractivity contribution in [2.24, 2.45) is 5.73 Å². The minimum atomic E-state index is -3.41. The summed E-state index contributed by atoms with van der Waals surface area (Å²) in [6.45, 7) is 0.114. The first-order valence-electron chi connectivity index (χ1n) is 5.47. The van der Waals surface area contributed by atoms with Crippen molar-refractivity contribution in [3.63, 3.8) is 0 Å². The maximum Gasteiger partial charge on any atom is 0.240 e. The molecule has 6 nitrogen and oxygen atoms in total. The molecule has 0 atom stereocenters. The zero-order chi connectivity index (χ0) is 14.9. The van der Waals surface area contributed by atoms with Crippen molar-refractivity contribution >= 4 is 33.2 Å². The Morgan fingerprint density at radius 1 is 1.45 bits per heavy atom. The van der Waals surface area contributed by atoms with E-state index in [1.165, 1.54) is 17.8 Å². The van der Waals surface area contributed by atoms with Gasteiger partial charge < -0.3 is 10.3 Å². The molecule has 0 saturated carbocycles. The van der Waals surface area contributed by atoms with Crippen LogP contribution in [-0.2, 0) is 16.4 Å². The molecule has 1 heterocycles. The van der Waals surface area contributed by atoms with Gasteiger partial charge in [0.05, 0.1) is 16.5 Å². The van der Waals surface area contributed by atoms with Gasteiger partial charge in [-0.1, -0.05) is 16.8 Å². The number of benzene rings is 1. The smallest absolute Gasteiger partial charge is 0.240 e. The molecular weight excluding hydrogens is 322 g/mol. The Morgan fingerprint density at radius 2 is 2.15 bits per heavy atom. The summed E-state index contributed by atoms with van der Waals surface area (Å²) in [6.07, 6.45) is 2.89. The minimum absolute atomic E-state index is 0.114. The van der Waals surface area contributed by atoms with Gasteiger partial charge in [-0.25, -0.2) is 8.42 Å². The van der Waals surface area contributed by atoms with E-state index >= 15 is 0 Å². The molecule has 0 bridgehead atoms. The minimum Gasteiger partial charge on any atom is -0.338 e. The number of hydrogen-bond donors (Lipinski definition) is 1. The third-order valence-electron chi connectivity index (χ3n) is 2.51. The van der Waals surface area contributed by atoms with Crippen molar-refractivity contribution in [3.05, 3.63) is 23.0 Å². The standard InChI is InChI=1S/C11H12ClN3O3S2/c1-19-10-7(12)3-6(4-8(10)20(2,16)17)11-14-9(5-13)18-15-11/h3-4H,5,13H2,1-2H3. The van der Waals surface area contributed by atoms with Crippen molar-refractivity contribution in [2.75, 3.05) is 12.5 Å². The number of nitrogens with two attached hydrogens (primary N) is 1. The van der Waals surface area contributed by atoms with Gasteiger partial charge >= 0.3 is 0 Å². The van der Waals surface area contributed by atoms with Crippen LogP contribution in [-0.4, -0.2) is 31.1 Å². The van der Waals surface area contributed by atoms with E-state index in [9.17, 15) is 8.42 Å². The number of sulfone groups is 1. The summed E-state index contributed by atoms with van der Waals surface area (Å²) < 4.78 is 28.6. The van der Waals surface area contributed by atoms with Crippen molar-refractivity contribution in [1.82, 2.24) is 10.1 Å². The average Bonchev–Trinajstić information content (AvgIpc) is 2.85. The molecule has 20 heavy (non-hydrogen) atoms. The lowest BCUT2D eigenvalue weighted by atomic mass is 10.2. The Bertz CT molecular complexity index is 743. The van der Waals surface area contributed by atoms with Gasteiger partial charge in [0.1, 0.15) is 0 Å². The summed E-state index contributed by atoms with van der Waals surface area (Å²) in [4.78, 5) is 4.70. The summed E-state index contributed by atoms with van der Waals surface area (Å²) in [5.74, 6) is 0.524. The van der Waals surface area contributed by atoms with Gasteiger partial charge in [0.25, 0.3) is 0 Å². The molecule has 1 aromatic heterocycles. The Labute approximate surface area is 125 Å². The van der Waals surface area contributed by atoms with Gasteiger partial charge in [0, 0.05) is 16.7 Å². The number of thioether (sulfide) groups is 1. The SMILES string of the molecule is CSc1c(Cl)cc(-c2noc(CN)n2)cc1S(C)(=O)=O. The van der Waals surface area contributed by atoms with Crippen molar-refractivity contribution < 1.29 is 12.9 Å². The van der Waals surface area contributed by atoms with E-state index < -0.39 is 9.84 Å². The van der Waals surface area contributed by atoms with Crippen LogP contribution in [0.1, 0.15) is 5.89 Å². The molecule has 2 N–H and O–H groups in total. The predicted molar refractivity (Wildman–Crippen MR) is 77.5 cm³/mol. The topological polar surface area (TPSA) is 99.1 Å². The van der Waals surface area contributed by atoms with Crippen LogP contribution < -0.4 is 5.73 Å². The third kappa shape index (κ3) is 2.98. The molecular formula is C11H12ClN3O3S2. The van der Waals surface area contributed by atoms with Gasteiger partial charge in [-0.15, -0.1) is 11.8 Å². The van der Waals surface area contributed by atoms with Crippen molar-refractivity contribution in [3.8, 4) is 11.4 Å². The van der Waals surface area contributed by atoms with Crippen LogP contribution >= 0.6 is 23.4 Å². The molecule has 0 unspecified atom stereocenters. The van der Waals surface area contributed by atoms with Crippen LogP contribution in [0.4, 0.5) is 0 Å². The zero-order valence-corrected chi connectivity index (χ0v) is 13.1. The van der Waals surface area contributed by atoms with E-state index in [0.717, 1.165) is 6.26 Å². The number of rotatable bonds is 4. The van der Waals surface area contributed by atoms with E-state index in [1.807, 2.05) is 0 Å². The molecule has 0 amide bonds. The highest BCUT2D eigenvalue weighted by atomic mass is 35.5. The molecule has 0 saturated heterocycles. The van der Waals surface area contributed by atoms with Crippen LogP contribution in [0.2, 0.25) is 5.02 Å². The highest BCUT2D eigenvalue weighted by Crippen LogP contribution is 2.35. The molecule has 2 aromatic rings. The lowest BCUT2D eigenvalue weighted by molar-refractivity contribution is 0.380. The molecule has 0 aliphatic carbocycles. The first-order valence-corrected chi connectivity index (χ1v) is 8.97. The monoisotopic (exact) mass is 333 g/mol. The first-order chi connectivity index (χ1) is 9.36. The average molecular weight is 334 g/mol. The molecule has 2 rings (SSSR count). The normalized spacial score (nSPS) is 11.8. The quantitative estimate of drug-likeness (QED) is 0.854. The Balaban J connectivity index is 2.65. The zero-order valence-electron chi connectivity index (χ0n) is 10.8. The second kappa shape index (κ2) is 5.72. The van der Waals surface area contributed by atoms with E-state index in [1.54, 1.807) is 12.3 Å². The molecule has 108 valence electrons. The van der Waals surface area contributed by atoms with Gasteiger partial charge in [0.15, 0.2) is 9.84 Å². The summed E-state index contributed by atoms with van der Waals surface area (Å²) in [5, 5.41) is 4.08.